The smallest absolute Gasteiger partial charge is 0.395 e. The Labute approximate surface area is 85.9 Å². The number of halogens is 3. The first-order chi connectivity index (χ1) is 6.99. The molecule has 0 heterocycles. The normalized spacial score (nSPS) is 11.7. The second-order valence-corrected chi connectivity index (χ2v) is 2.83. The van der Waals surface area contributed by atoms with Crippen LogP contribution in [0.15, 0.2) is 0 Å². The Balaban J connectivity index is 3.58. The second-order valence-electron chi connectivity index (χ2n) is 2.83. The van der Waals surface area contributed by atoms with Crippen LogP contribution in [0, 0.1) is 11.3 Å². The highest BCUT2D eigenvalue weighted by Gasteiger charge is 2.27. The number of aliphatic hydroxyl groups is 1. The van der Waals surface area contributed by atoms with Gasteiger partial charge in [0.15, 0.2) is 0 Å². The number of hydrogen-bond acceptors (Lipinski definition) is 4. The first kappa shape index (κ1) is 14.2. The molecular weight excluding hydrogens is 213 g/mol. The van der Waals surface area contributed by atoms with E-state index in [1.54, 1.807) is 0 Å². The lowest BCUT2D eigenvalue weighted by Gasteiger charge is -2.17. The third-order valence-corrected chi connectivity index (χ3v) is 1.53. The summed E-state index contributed by atoms with van der Waals surface area (Å²) in [5, 5.41) is 16.9. The molecule has 0 spiro atoms. The first-order valence-corrected chi connectivity index (χ1v) is 4.34. The maximum Gasteiger partial charge on any atom is 0.411 e. The van der Waals surface area contributed by atoms with Gasteiger partial charge in [0.2, 0.25) is 0 Å². The second kappa shape index (κ2) is 7.45. The number of nitrogens with zero attached hydrogens (tertiary/aromatic N) is 2. The minimum atomic E-state index is -4.32. The van der Waals surface area contributed by atoms with E-state index >= 15 is 0 Å². The van der Waals surface area contributed by atoms with Gasteiger partial charge >= 0.3 is 6.18 Å². The van der Waals surface area contributed by atoms with Crippen molar-refractivity contribution in [2.75, 3.05) is 39.5 Å². The van der Waals surface area contributed by atoms with Crippen LogP contribution >= 0.6 is 0 Å². The first-order valence-electron chi connectivity index (χ1n) is 4.34. The van der Waals surface area contributed by atoms with Crippen LogP contribution in [0.3, 0.4) is 0 Å². The molecule has 4 nitrogen and oxygen atoms in total. The molecule has 0 aromatic rings. The Hall–Kier alpha value is -0.840. The van der Waals surface area contributed by atoms with Crippen LogP contribution < -0.4 is 0 Å². The Morgan fingerprint density at radius 2 is 2.00 bits per heavy atom. The highest BCUT2D eigenvalue weighted by atomic mass is 19.4. The quantitative estimate of drug-likeness (QED) is 0.503. The summed E-state index contributed by atoms with van der Waals surface area (Å²) in [5.74, 6) is 0. The molecule has 0 unspecified atom stereocenters. The van der Waals surface area contributed by atoms with E-state index in [-0.39, 0.29) is 32.8 Å². The van der Waals surface area contributed by atoms with Gasteiger partial charge in [-0.1, -0.05) is 0 Å². The van der Waals surface area contributed by atoms with Gasteiger partial charge in [-0.15, -0.1) is 0 Å². The van der Waals surface area contributed by atoms with E-state index in [0.717, 1.165) is 0 Å². The van der Waals surface area contributed by atoms with Crippen molar-refractivity contribution >= 4 is 0 Å². The molecule has 0 aromatic heterocycles. The standard InChI is InChI=1S/C8H13F3N2O2/c9-8(10,11)7-15-6-4-13(2-1-12)3-5-14/h14H,2-7H2. The SMILES string of the molecule is N#CCN(CCO)CCOCC(F)(F)F. The Morgan fingerprint density at radius 3 is 2.47 bits per heavy atom. The van der Waals surface area contributed by atoms with Crippen LogP contribution in [0.1, 0.15) is 0 Å². The van der Waals surface area contributed by atoms with Crippen molar-refractivity contribution in [3.63, 3.8) is 0 Å². The minimum Gasteiger partial charge on any atom is -0.395 e. The van der Waals surface area contributed by atoms with E-state index < -0.39 is 12.8 Å². The summed E-state index contributed by atoms with van der Waals surface area (Å²) >= 11 is 0. The van der Waals surface area contributed by atoms with Crippen molar-refractivity contribution in [2.24, 2.45) is 0 Å². The Morgan fingerprint density at radius 1 is 1.33 bits per heavy atom. The predicted molar refractivity (Wildman–Crippen MR) is 46.0 cm³/mol. The van der Waals surface area contributed by atoms with Crippen molar-refractivity contribution in [1.29, 1.82) is 5.26 Å². The summed E-state index contributed by atoms with van der Waals surface area (Å²) in [4.78, 5) is 1.51. The summed E-state index contributed by atoms with van der Waals surface area (Å²) < 4.78 is 39.3. The molecule has 0 radical (unpaired) electrons. The van der Waals surface area contributed by atoms with Gasteiger partial charge in [0.25, 0.3) is 0 Å². The molecule has 0 saturated heterocycles. The average molecular weight is 226 g/mol. The van der Waals surface area contributed by atoms with Crippen molar-refractivity contribution < 1.29 is 23.0 Å². The maximum atomic E-state index is 11.6. The number of hydrogen-bond donors (Lipinski definition) is 1. The molecule has 0 amide bonds. The maximum absolute atomic E-state index is 11.6. The molecule has 0 aliphatic carbocycles. The number of nitriles is 1. The lowest BCUT2D eigenvalue weighted by Crippen LogP contribution is -2.31. The molecule has 0 aliphatic heterocycles. The number of alkyl halides is 3. The van der Waals surface area contributed by atoms with E-state index in [2.05, 4.69) is 4.74 Å². The molecular formula is C8H13F3N2O2. The Kier molecular flexibility index (Phi) is 7.03. The van der Waals surface area contributed by atoms with Crippen LogP contribution in [0.5, 0.6) is 0 Å². The lowest BCUT2D eigenvalue weighted by atomic mass is 10.4. The number of aliphatic hydroxyl groups excluding tert-OH is 1. The number of ether oxygens (including phenoxy) is 1. The average Bonchev–Trinajstić information content (AvgIpc) is 2.11. The van der Waals surface area contributed by atoms with Gasteiger partial charge in [-0.05, 0) is 0 Å². The summed E-state index contributed by atoms with van der Waals surface area (Å²) in [6.45, 7) is -1.02. The summed E-state index contributed by atoms with van der Waals surface area (Å²) in [6, 6.07) is 1.85. The molecule has 0 rings (SSSR count). The molecule has 0 atom stereocenters. The molecule has 88 valence electrons. The zero-order chi connectivity index (χ0) is 11.7. The number of rotatable bonds is 7. The van der Waals surface area contributed by atoms with Crippen LogP contribution in [-0.4, -0.2) is 55.6 Å². The van der Waals surface area contributed by atoms with Gasteiger partial charge in [0.05, 0.1) is 25.8 Å². The van der Waals surface area contributed by atoms with Gasteiger partial charge in [0.1, 0.15) is 6.61 Å². The van der Waals surface area contributed by atoms with E-state index in [4.69, 9.17) is 10.4 Å². The van der Waals surface area contributed by atoms with Gasteiger partial charge in [-0.25, -0.2) is 0 Å². The summed E-state index contributed by atoms with van der Waals surface area (Å²) in [5.41, 5.74) is 0. The highest BCUT2D eigenvalue weighted by Crippen LogP contribution is 2.14. The van der Waals surface area contributed by atoms with E-state index in [9.17, 15) is 13.2 Å². The highest BCUT2D eigenvalue weighted by molar-refractivity contribution is 4.76. The van der Waals surface area contributed by atoms with Gasteiger partial charge in [-0.2, -0.15) is 18.4 Å². The van der Waals surface area contributed by atoms with Gasteiger partial charge in [-0.3, -0.25) is 4.90 Å². The fourth-order valence-corrected chi connectivity index (χ4v) is 0.893. The summed E-state index contributed by atoms with van der Waals surface area (Å²) in [6.07, 6.45) is -4.32. The van der Waals surface area contributed by atoms with Crippen molar-refractivity contribution in [3.8, 4) is 6.07 Å². The van der Waals surface area contributed by atoms with Crippen LogP contribution in [0.25, 0.3) is 0 Å². The van der Waals surface area contributed by atoms with Crippen molar-refractivity contribution in [1.82, 2.24) is 4.90 Å². The van der Waals surface area contributed by atoms with E-state index in [1.165, 1.54) is 4.90 Å². The molecule has 0 fully saturated rings. The fraction of sp³-hybridized carbons (Fsp3) is 0.875. The van der Waals surface area contributed by atoms with Crippen LogP contribution in [-0.2, 0) is 4.74 Å². The molecule has 1 N–H and O–H groups in total. The third kappa shape index (κ3) is 9.46. The zero-order valence-corrected chi connectivity index (χ0v) is 8.13. The van der Waals surface area contributed by atoms with E-state index in [1.807, 2.05) is 6.07 Å². The lowest BCUT2D eigenvalue weighted by molar-refractivity contribution is -0.174. The van der Waals surface area contributed by atoms with Crippen LogP contribution in [0.2, 0.25) is 0 Å². The predicted octanol–water partition coefficient (Wildman–Crippen LogP) is 0.383. The third-order valence-electron chi connectivity index (χ3n) is 1.53. The van der Waals surface area contributed by atoms with Crippen molar-refractivity contribution in [3.05, 3.63) is 0 Å². The monoisotopic (exact) mass is 226 g/mol. The topological polar surface area (TPSA) is 56.5 Å². The molecule has 0 aromatic carbocycles. The zero-order valence-electron chi connectivity index (χ0n) is 8.13. The molecule has 7 heteroatoms. The molecule has 0 bridgehead atoms. The molecule has 0 saturated carbocycles. The molecule has 0 aliphatic rings. The van der Waals surface area contributed by atoms with E-state index in [0.29, 0.717) is 0 Å². The van der Waals surface area contributed by atoms with Crippen LogP contribution in [0.4, 0.5) is 13.2 Å². The molecule has 15 heavy (non-hydrogen) atoms. The van der Waals surface area contributed by atoms with Crippen molar-refractivity contribution in [2.45, 2.75) is 6.18 Å². The largest absolute Gasteiger partial charge is 0.411 e. The fourth-order valence-electron chi connectivity index (χ4n) is 0.893. The minimum absolute atomic E-state index is 0.0654. The Bertz CT molecular complexity index is 203. The van der Waals surface area contributed by atoms with Gasteiger partial charge in [0, 0.05) is 13.1 Å². The summed E-state index contributed by atoms with van der Waals surface area (Å²) in [7, 11) is 0. The van der Waals surface area contributed by atoms with Gasteiger partial charge < -0.3 is 9.84 Å².